The normalized spacial score (nSPS) is 22.9. The zero-order chi connectivity index (χ0) is 26.6. The van der Waals surface area contributed by atoms with Crippen LogP contribution >= 0.6 is 0 Å². The molecule has 2 fully saturated rings. The number of ketones is 1. The van der Waals surface area contributed by atoms with Crippen LogP contribution < -0.4 is 9.47 Å². The summed E-state index contributed by atoms with van der Waals surface area (Å²) < 4.78 is 17.1. The predicted molar refractivity (Wildman–Crippen MR) is 143 cm³/mol. The molecule has 1 amide bonds. The maximum absolute atomic E-state index is 13.4. The molecule has 5 rings (SSSR count). The molecule has 2 aromatic rings. The van der Waals surface area contributed by atoms with Gasteiger partial charge in [-0.15, -0.1) is 0 Å². The molecule has 0 bridgehead atoms. The monoisotopic (exact) mass is 520 g/mol. The van der Waals surface area contributed by atoms with Gasteiger partial charge in [0.05, 0.1) is 31.4 Å². The van der Waals surface area contributed by atoms with Gasteiger partial charge in [0.2, 0.25) is 0 Å². The number of rotatable bonds is 9. The number of aliphatic hydroxyl groups excluding tert-OH is 1. The standard InChI is InChI=1S/C30H36N2O6/c1-3-14-37-24-7-4-6-21(19-24)27-26(28(33)22-8-9-25-23(18-22)17-20(2)38-25)29(34)30(35)32(27)11-5-10-31-12-15-36-16-13-31/h4,6-9,18-20,27,33H,3,5,10-17H2,1-2H3/t20-,27+/m0/s1. The van der Waals surface area contributed by atoms with Gasteiger partial charge < -0.3 is 24.2 Å². The first-order valence-electron chi connectivity index (χ1n) is 13.6. The summed E-state index contributed by atoms with van der Waals surface area (Å²) in [5.41, 5.74) is 2.34. The number of hydrogen-bond donors (Lipinski definition) is 1. The van der Waals surface area contributed by atoms with Crippen LogP contribution in [0.4, 0.5) is 0 Å². The Morgan fingerprint density at radius 1 is 1.11 bits per heavy atom. The summed E-state index contributed by atoms with van der Waals surface area (Å²) in [6, 6.07) is 12.2. The molecule has 3 aliphatic heterocycles. The molecule has 0 radical (unpaired) electrons. The van der Waals surface area contributed by atoms with E-state index in [0.717, 1.165) is 49.4 Å². The molecule has 0 aliphatic carbocycles. The van der Waals surface area contributed by atoms with Crippen molar-refractivity contribution in [1.82, 2.24) is 9.80 Å². The first-order valence-corrected chi connectivity index (χ1v) is 13.6. The fourth-order valence-electron chi connectivity index (χ4n) is 5.47. The molecule has 8 nitrogen and oxygen atoms in total. The van der Waals surface area contributed by atoms with E-state index < -0.39 is 17.7 Å². The molecule has 0 unspecified atom stereocenters. The number of carbonyl (C=O) groups is 2. The van der Waals surface area contributed by atoms with Gasteiger partial charge in [-0.05, 0) is 61.2 Å². The van der Waals surface area contributed by atoms with Crippen LogP contribution in [0, 0.1) is 0 Å². The zero-order valence-corrected chi connectivity index (χ0v) is 22.2. The third kappa shape index (κ3) is 5.42. The Labute approximate surface area is 223 Å². The third-order valence-corrected chi connectivity index (χ3v) is 7.33. The van der Waals surface area contributed by atoms with Crippen LogP contribution in [0.1, 0.15) is 49.4 Å². The number of likely N-dealkylation sites (tertiary alicyclic amines) is 1. The predicted octanol–water partition coefficient (Wildman–Crippen LogP) is 3.94. The summed E-state index contributed by atoms with van der Waals surface area (Å²) in [5.74, 6) is 0.0495. The second-order valence-corrected chi connectivity index (χ2v) is 10.2. The average molecular weight is 521 g/mol. The molecule has 0 saturated carbocycles. The smallest absolute Gasteiger partial charge is 0.295 e. The molecular weight excluding hydrogens is 484 g/mol. The number of aliphatic hydroxyl groups is 1. The minimum Gasteiger partial charge on any atom is -0.507 e. The van der Waals surface area contributed by atoms with E-state index in [1.165, 1.54) is 0 Å². The molecular formula is C30H36N2O6. The highest BCUT2D eigenvalue weighted by molar-refractivity contribution is 6.46. The highest BCUT2D eigenvalue weighted by atomic mass is 16.5. The molecule has 2 aromatic carbocycles. The van der Waals surface area contributed by atoms with Crippen molar-refractivity contribution in [2.24, 2.45) is 0 Å². The molecule has 0 aromatic heterocycles. The number of carbonyl (C=O) groups excluding carboxylic acids is 2. The maximum Gasteiger partial charge on any atom is 0.295 e. The topological polar surface area (TPSA) is 88.5 Å². The van der Waals surface area contributed by atoms with Gasteiger partial charge in [-0.3, -0.25) is 14.5 Å². The van der Waals surface area contributed by atoms with Gasteiger partial charge in [0.15, 0.2) is 0 Å². The lowest BCUT2D eigenvalue weighted by molar-refractivity contribution is -0.140. The van der Waals surface area contributed by atoms with E-state index in [-0.39, 0.29) is 17.4 Å². The summed E-state index contributed by atoms with van der Waals surface area (Å²) in [4.78, 5) is 30.7. The van der Waals surface area contributed by atoms with Crippen molar-refractivity contribution in [3.8, 4) is 11.5 Å². The Morgan fingerprint density at radius 2 is 1.92 bits per heavy atom. The van der Waals surface area contributed by atoms with Crippen molar-refractivity contribution in [2.75, 3.05) is 46.0 Å². The number of fused-ring (bicyclic) bond motifs is 1. The molecule has 0 spiro atoms. The maximum atomic E-state index is 13.4. The van der Waals surface area contributed by atoms with Crippen LogP contribution in [0.15, 0.2) is 48.0 Å². The van der Waals surface area contributed by atoms with Crippen molar-refractivity contribution in [3.05, 3.63) is 64.7 Å². The largest absolute Gasteiger partial charge is 0.507 e. The summed E-state index contributed by atoms with van der Waals surface area (Å²) >= 11 is 0. The Kier molecular flexibility index (Phi) is 8.00. The summed E-state index contributed by atoms with van der Waals surface area (Å²) in [6.45, 7) is 8.95. The molecule has 8 heteroatoms. The van der Waals surface area contributed by atoms with Crippen LogP contribution in [0.2, 0.25) is 0 Å². The van der Waals surface area contributed by atoms with E-state index in [1.807, 2.05) is 50.2 Å². The second kappa shape index (κ2) is 11.6. The van der Waals surface area contributed by atoms with Gasteiger partial charge in [-0.2, -0.15) is 0 Å². The Bertz CT molecular complexity index is 1220. The fraction of sp³-hybridized carbons (Fsp3) is 0.467. The van der Waals surface area contributed by atoms with Crippen LogP contribution in [0.3, 0.4) is 0 Å². The van der Waals surface area contributed by atoms with Crippen LogP contribution in [0.25, 0.3) is 5.76 Å². The van der Waals surface area contributed by atoms with E-state index in [9.17, 15) is 14.7 Å². The highest BCUT2D eigenvalue weighted by Gasteiger charge is 2.46. The SMILES string of the molecule is CCCOc1cccc([C@@H]2C(=C(O)c3ccc4c(c3)C[C@H](C)O4)C(=O)C(=O)N2CCCN2CCOCC2)c1. The first kappa shape index (κ1) is 26.3. The van der Waals surface area contributed by atoms with Gasteiger partial charge in [-0.1, -0.05) is 19.1 Å². The zero-order valence-electron chi connectivity index (χ0n) is 22.2. The number of benzene rings is 2. The van der Waals surface area contributed by atoms with Crippen molar-refractivity contribution in [3.63, 3.8) is 0 Å². The molecule has 2 saturated heterocycles. The minimum absolute atomic E-state index is 0.0605. The lowest BCUT2D eigenvalue weighted by atomic mass is 9.94. The lowest BCUT2D eigenvalue weighted by Crippen LogP contribution is -2.38. The number of ether oxygens (including phenoxy) is 3. The number of morpholine rings is 1. The quantitative estimate of drug-likeness (QED) is 0.304. The van der Waals surface area contributed by atoms with E-state index >= 15 is 0 Å². The summed E-state index contributed by atoms with van der Waals surface area (Å²) in [5, 5.41) is 11.5. The molecule has 202 valence electrons. The van der Waals surface area contributed by atoms with Crippen LogP contribution in [0.5, 0.6) is 11.5 Å². The van der Waals surface area contributed by atoms with Crippen LogP contribution in [-0.4, -0.2) is 78.7 Å². The molecule has 38 heavy (non-hydrogen) atoms. The minimum atomic E-state index is -0.701. The van der Waals surface area contributed by atoms with E-state index in [1.54, 1.807) is 11.0 Å². The fourth-order valence-corrected chi connectivity index (χ4v) is 5.47. The average Bonchev–Trinajstić information content (AvgIpc) is 3.43. The Balaban J connectivity index is 1.49. The van der Waals surface area contributed by atoms with Crippen molar-refractivity contribution in [1.29, 1.82) is 0 Å². The van der Waals surface area contributed by atoms with Gasteiger partial charge in [0, 0.05) is 38.2 Å². The lowest BCUT2D eigenvalue weighted by Gasteiger charge is -2.29. The van der Waals surface area contributed by atoms with E-state index in [4.69, 9.17) is 14.2 Å². The summed E-state index contributed by atoms with van der Waals surface area (Å²) in [6.07, 6.45) is 2.37. The Morgan fingerprint density at radius 3 is 2.71 bits per heavy atom. The van der Waals surface area contributed by atoms with Gasteiger partial charge in [0.1, 0.15) is 23.4 Å². The van der Waals surface area contributed by atoms with Crippen molar-refractivity contribution < 1.29 is 28.9 Å². The number of nitrogens with zero attached hydrogens (tertiary/aromatic N) is 2. The summed E-state index contributed by atoms with van der Waals surface area (Å²) in [7, 11) is 0. The molecule has 3 heterocycles. The molecule has 1 N–H and O–H groups in total. The van der Waals surface area contributed by atoms with E-state index in [2.05, 4.69) is 4.90 Å². The van der Waals surface area contributed by atoms with Gasteiger partial charge >= 0.3 is 0 Å². The Hall–Kier alpha value is -3.36. The highest BCUT2D eigenvalue weighted by Crippen LogP contribution is 2.41. The first-order chi connectivity index (χ1) is 18.5. The number of amides is 1. The van der Waals surface area contributed by atoms with Crippen molar-refractivity contribution in [2.45, 2.75) is 45.3 Å². The van der Waals surface area contributed by atoms with Crippen LogP contribution in [-0.2, 0) is 20.7 Å². The van der Waals surface area contributed by atoms with E-state index in [0.29, 0.717) is 44.1 Å². The second-order valence-electron chi connectivity index (χ2n) is 10.2. The van der Waals surface area contributed by atoms with Gasteiger partial charge in [0.25, 0.3) is 11.7 Å². The number of Topliss-reactive ketones (excluding diaryl/α,β-unsaturated/α-hetero) is 1. The number of hydrogen-bond acceptors (Lipinski definition) is 7. The molecule has 3 aliphatic rings. The third-order valence-electron chi connectivity index (χ3n) is 7.33. The van der Waals surface area contributed by atoms with Gasteiger partial charge in [-0.25, -0.2) is 0 Å². The van der Waals surface area contributed by atoms with Crippen molar-refractivity contribution >= 4 is 17.4 Å². The molecule has 2 atom stereocenters.